The van der Waals surface area contributed by atoms with Gasteiger partial charge in [-0.3, -0.25) is 0 Å². The molecule has 0 aliphatic rings. The Hall–Kier alpha value is -0.120. The van der Waals surface area contributed by atoms with Gasteiger partial charge in [-0.1, -0.05) is 52.4 Å². The van der Waals surface area contributed by atoms with E-state index in [1.807, 2.05) is 0 Å². The number of hydrogen-bond acceptors (Lipinski definition) is 3. The summed E-state index contributed by atoms with van der Waals surface area (Å²) in [6.45, 7) is 5.08. The van der Waals surface area contributed by atoms with Crippen LogP contribution in [0.5, 0.6) is 0 Å². The van der Waals surface area contributed by atoms with Crippen molar-refractivity contribution in [2.75, 3.05) is 20.8 Å². The third-order valence-electron chi connectivity index (χ3n) is 4.23. The molecule has 3 nitrogen and oxygen atoms in total. The molecule has 0 heterocycles. The highest BCUT2D eigenvalue weighted by Gasteiger charge is 2.36. The van der Waals surface area contributed by atoms with Crippen LogP contribution >= 0.6 is 0 Å². The summed E-state index contributed by atoms with van der Waals surface area (Å²) in [6, 6.07) is 0. The highest BCUT2D eigenvalue weighted by molar-refractivity contribution is 4.78. The van der Waals surface area contributed by atoms with Crippen LogP contribution in [0.1, 0.15) is 71.6 Å². The van der Waals surface area contributed by atoms with Crippen molar-refractivity contribution in [2.45, 2.75) is 77.4 Å². The lowest BCUT2D eigenvalue weighted by Gasteiger charge is -2.37. The fraction of sp³-hybridized carbons (Fsp3) is 1.00. The van der Waals surface area contributed by atoms with Gasteiger partial charge in [0.05, 0.1) is 0 Å². The van der Waals surface area contributed by atoms with E-state index in [2.05, 4.69) is 13.8 Å². The molecule has 0 aliphatic heterocycles. The molecule has 0 amide bonds. The van der Waals surface area contributed by atoms with Gasteiger partial charge in [-0.15, -0.1) is 0 Å². The van der Waals surface area contributed by atoms with Crippen LogP contribution in [0.4, 0.5) is 0 Å². The Bertz CT molecular complexity index is 185. The van der Waals surface area contributed by atoms with E-state index < -0.39 is 5.79 Å². The van der Waals surface area contributed by atoms with Crippen molar-refractivity contribution in [3.8, 4) is 0 Å². The van der Waals surface area contributed by atoms with Crippen LogP contribution in [0.3, 0.4) is 0 Å². The molecule has 1 atom stereocenters. The third kappa shape index (κ3) is 6.73. The Kier molecular flexibility index (Phi) is 11.6. The van der Waals surface area contributed by atoms with E-state index in [-0.39, 0.29) is 0 Å². The van der Waals surface area contributed by atoms with Crippen molar-refractivity contribution in [3.05, 3.63) is 0 Å². The molecule has 0 spiro atoms. The normalized spacial score (nSPS) is 13.7. The summed E-state index contributed by atoms with van der Waals surface area (Å²) in [6.07, 6.45) is 11.0. The number of methoxy groups -OCH3 is 2. The SMILES string of the molecule is CCCCCCCCC(CCN)C(CC)(OC)OC. The quantitative estimate of drug-likeness (QED) is 0.406. The molecule has 0 aliphatic carbocycles. The average Bonchev–Trinajstić information content (AvgIpc) is 2.45. The first kappa shape index (κ1) is 18.9. The van der Waals surface area contributed by atoms with Crippen molar-refractivity contribution in [3.63, 3.8) is 0 Å². The molecule has 0 saturated heterocycles. The maximum absolute atomic E-state index is 5.75. The van der Waals surface area contributed by atoms with E-state index in [1.165, 1.54) is 38.5 Å². The minimum atomic E-state index is -0.442. The lowest BCUT2D eigenvalue weighted by Crippen LogP contribution is -2.42. The van der Waals surface area contributed by atoms with Crippen molar-refractivity contribution in [1.29, 1.82) is 0 Å². The van der Waals surface area contributed by atoms with Crippen LogP contribution in [0.2, 0.25) is 0 Å². The smallest absolute Gasteiger partial charge is 0.170 e. The van der Waals surface area contributed by atoms with Crippen LogP contribution in [-0.4, -0.2) is 26.6 Å². The van der Waals surface area contributed by atoms with E-state index in [0.717, 1.165) is 19.3 Å². The highest BCUT2D eigenvalue weighted by atomic mass is 16.7. The molecule has 0 aromatic carbocycles. The molecular formula is C16H35NO2. The van der Waals surface area contributed by atoms with Gasteiger partial charge in [0.25, 0.3) is 0 Å². The molecule has 0 aromatic rings. The maximum Gasteiger partial charge on any atom is 0.170 e. The van der Waals surface area contributed by atoms with Crippen LogP contribution in [-0.2, 0) is 9.47 Å². The maximum atomic E-state index is 5.75. The van der Waals surface area contributed by atoms with Crippen LogP contribution in [0.15, 0.2) is 0 Å². The first-order chi connectivity index (χ1) is 9.20. The summed E-state index contributed by atoms with van der Waals surface area (Å²) in [7, 11) is 3.50. The lowest BCUT2D eigenvalue weighted by molar-refractivity contribution is -0.244. The van der Waals surface area contributed by atoms with Gasteiger partial charge in [0.1, 0.15) is 0 Å². The summed E-state index contributed by atoms with van der Waals surface area (Å²) >= 11 is 0. The summed E-state index contributed by atoms with van der Waals surface area (Å²) in [4.78, 5) is 0. The van der Waals surface area contributed by atoms with Gasteiger partial charge in [0.2, 0.25) is 0 Å². The van der Waals surface area contributed by atoms with Crippen molar-refractivity contribution < 1.29 is 9.47 Å². The van der Waals surface area contributed by atoms with E-state index >= 15 is 0 Å². The summed E-state index contributed by atoms with van der Waals surface area (Å²) in [5.41, 5.74) is 5.75. The van der Waals surface area contributed by atoms with Gasteiger partial charge in [0.15, 0.2) is 5.79 Å². The van der Waals surface area contributed by atoms with Gasteiger partial charge in [-0.25, -0.2) is 0 Å². The fourth-order valence-electron chi connectivity index (χ4n) is 2.95. The second-order valence-corrected chi connectivity index (χ2v) is 5.40. The first-order valence-corrected chi connectivity index (χ1v) is 8.01. The predicted octanol–water partition coefficient (Wildman–Crippen LogP) is 4.10. The second-order valence-electron chi connectivity index (χ2n) is 5.40. The van der Waals surface area contributed by atoms with Gasteiger partial charge in [0, 0.05) is 20.1 Å². The molecule has 0 bridgehead atoms. The first-order valence-electron chi connectivity index (χ1n) is 8.01. The molecule has 0 saturated carbocycles. The molecule has 0 fully saturated rings. The third-order valence-corrected chi connectivity index (χ3v) is 4.23. The molecule has 116 valence electrons. The Morgan fingerprint density at radius 1 is 0.895 bits per heavy atom. The Balaban J connectivity index is 4.16. The van der Waals surface area contributed by atoms with E-state index in [9.17, 15) is 0 Å². The van der Waals surface area contributed by atoms with Gasteiger partial charge in [-0.05, 0) is 25.8 Å². The summed E-state index contributed by atoms with van der Waals surface area (Å²) < 4.78 is 11.3. The standard InChI is InChI=1S/C16H35NO2/c1-5-7-8-9-10-11-12-15(13-14-17)16(6-2,18-3)19-4/h15H,5-14,17H2,1-4H3. The molecule has 19 heavy (non-hydrogen) atoms. The largest absolute Gasteiger partial charge is 0.353 e. The summed E-state index contributed by atoms with van der Waals surface area (Å²) in [5, 5.41) is 0. The zero-order chi connectivity index (χ0) is 14.6. The van der Waals surface area contributed by atoms with Crippen LogP contribution in [0.25, 0.3) is 0 Å². The summed E-state index contributed by atoms with van der Waals surface area (Å²) in [5.74, 6) is -0.0355. The highest BCUT2D eigenvalue weighted by Crippen LogP contribution is 2.32. The topological polar surface area (TPSA) is 44.5 Å². The number of rotatable bonds is 13. The zero-order valence-corrected chi connectivity index (χ0v) is 13.5. The fourth-order valence-corrected chi connectivity index (χ4v) is 2.95. The Labute approximate surface area is 120 Å². The van der Waals surface area contributed by atoms with Crippen LogP contribution < -0.4 is 5.73 Å². The Morgan fingerprint density at radius 2 is 1.47 bits per heavy atom. The number of hydrogen-bond donors (Lipinski definition) is 1. The van der Waals surface area contributed by atoms with E-state index in [1.54, 1.807) is 14.2 Å². The second kappa shape index (κ2) is 11.7. The molecular weight excluding hydrogens is 238 g/mol. The van der Waals surface area contributed by atoms with Crippen molar-refractivity contribution >= 4 is 0 Å². The monoisotopic (exact) mass is 273 g/mol. The Morgan fingerprint density at radius 3 is 1.95 bits per heavy atom. The number of ether oxygens (including phenoxy) is 2. The van der Waals surface area contributed by atoms with E-state index in [0.29, 0.717) is 12.5 Å². The van der Waals surface area contributed by atoms with Crippen molar-refractivity contribution in [2.24, 2.45) is 11.7 Å². The van der Waals surface area contributed by atoms with E-state index in [4.69, 9.17) is 15.2 Å². The lowest BCUT2D eigenvalue weighted by atomic mass is 9.87. The van der Waals surface area contributed by atoms with Crippen molar-refractivity contribution in [1.82, 2.24) is 0 Å². The predicted molar refractivity (Wildman–Crippen MR) is 82.2 cm³/mol. The average molecular weight is 273 g/mol. The van der Waals surface area contributed by atoms with Crippen LogP contribution in [0, 0.1) is 5.92 Å². The zero-order valence-electron chi connectivity index (χ0n) is 13.5. The van der Waals surface area contributed by atoms with Gasteiger partial charge < -0.3 is 15.2 Å². The van der Waals surface area contributed by atoms with Gasteiger partial charge in [-0.2, -0.15) is 0 Å². The molecule has 2 N–H and O–H groups in total. The minimum Gasteiger partial charge on any atom is -0.353 e. The minimum absolute atomic E-state index is 0.406. The number of nitrogens with two attached hydrogens (primary N) is 1. The molecule has 0 aromatic heterocycles. The molecule has 0 radical (unpaired) electrons. The number of unbranched alkanes of at least 4 members (excludes halogenated alkanes) is 5. The van der Waals surface area contributed by atoms with Gasteiger partial charge >= 0.3 is 0 Å². The molecule has 3 heteroatoms. The molecule has 0 rings (SSSR count). The molecule has 1 unspecified atom stereocenters.